The Kier molecular flexibility index (Phi) is 5.25. The van der Waals surface area contributed by atoms with Crippen molar-refractivity contribution in [2.24, 2.45) is 23.2 Å². The van der Waals surface area contributed by atoms with Gasteiger partial charge in [-0.3, -0.25) is 9.59 Å². The zero-order chi connectivity index (χ0) is 18.9. The van der Waals surface area contributed by atoms with Crippen LogP contribution in [0.4, 0.5) is 0 Å². The van der Waals surface area contributed by atoms with Gasteiger partial charge in [-0.1, -0.05) is 30.3 Å². The SMILES string of the molecule is CC(NC(=O)CCNC(=O)Cc1ccccc1)C12CC3CC(CC(C3)C1)C2. The van der Waals surface area contributed by atoms with E-state index in [4.69, 9.17) is 0 Å². The lowest BCUT2D eigenvalue weighted by Crippen LogP contribution is -2.56. The highest BCUT2D eigenvalue weighted by Gasteiger charge is 2.53. The van der Waals surface area contributed by atoms with E-state index in [-0.39, 0.29) is 17.9 Å². The normalized spacial score (nSPS) is 32.1. The quantitative estimate of drug-likeness (QED) is 0.774. The van der Waals surface area contributed by atoms with E-state index in [9.17, 15) is 9.59 Å². The van der Waals surface area contributed by atoms with Gasteiger partial charge in [0.15, 0.2) is 0 Å². The largest absolute Gasteiger partial charge is 0.355 e. The van der Waals surface area contributed by atoms with E-state index >= 15 is 0 Å². The summed E-state index contributed by atoms with van der Waals surface area (Å²) in [5, 5.41) is 6.14. The molecule has 146 valence electrons. The van der Waals surface area contributed by atoms with Crippen molar-refractivity contribution < 1.29 is 9.59 Å². The number of rotatable bonds is 7. The average molecular weight is 369 g/mol. The Hall–Kier alpha value is -1.84. The molecule has 2 amide bonds. The summed E-state index contributed by atoms with van der Waals surface area (Å²) >= 11 is 0. The molecule has 1 aromatic carbocycles. The van der Waals surface area contributed by atoms with Gasteiger partial charge >= 0.3 is 0 Å². The second-order valence-electron chi connectivity index (χ2n) is 9.33. The monoisotopic (exact) mass is 368 g/mol. The first kappa shape index (κ1) is 18.5. The van der Waals surface area contributed by atoms with Crippen molar-refractivity contribution in [1.29, 1.82) is 0 Å². The van der Waals surface area contributed by atoms with Gasteiger partial charge in [0.25, 0.3) is 0 Å². The van der Waals surface area contributed by atoms with E-state index in [0.29, 0.717) is 24.8 Å². The Morgan fingerprint density at radius 1 is 1.00 bits per heavy atom. The van der Waals surface area contributed by atoms with Crippen molar-refractivity contribution in [3.8, 4) is 0 Å². The molecule has 0 radical (unpaired) electrons. The third kappa shape index (κ3) is 4.20. The maximum Gasteiger partial charge on any atom is 0.224 e. The van der Waals surface area contributed by atoms with Crippen molar-refractivity contribution in [3.05, 3.63) is 35.9 Å². The standard InChI is InChI=1S/C23H32N2O2/c1-16(23-13-18-9-19(14-23)11-20(10-18)15-23)25-21(26)7-8-24-22(27)12-17-5-3-2-4-6-17/h2-6,16,18-20H,7-15H2,1H3,(H,24,27)(H,25,26). The molecule has 0 spiro atoms. The molecule has 5 rings (SSSR count). The molecule has 0 saturated heterocycles. The predicted octanol–water partition coefficient (Wildman–Crippen LogP) is 3.46. The molecular weight excluding hydrogens is 336 g/mol. The predicted molar refractivity (Wildman–Crippen MR) is 106 cm³/mol. The second kappa shape index (κ2) is 7.65. The Balaban J connectivity index is 1.21. The molecule has 4 nitrogen and oxygen atoms in total. The van der Waals surface area contributed by atoms with E-state index in [1.807, 2.05) is 30.3 Å². The van der Waals surface area contributed by atoms with Gasteiger partial charge in [-0.05, 0) is 74.2 Å². The molecule has 2 N–H and O–H groups in total. The molecule has 0 heterocycles. The maximum absolute atomic E-state index is 12.4. The van der Waals surface area contributed by atoms with Gasteiger partial charge in [-0.25, -0.2) is 0 Å². The molecule has 27 heavy (non-hydrogen) atoms. The first-order chi connectivity index (χ1) is 13.0. The number of carbonyl (C=O) groups excluding carboxylic acids is 2. The fraction of sp³-hybridized carbons (Fsp3) is 0.652. The number of benzene rings is 1. The minimum Gasteiger partial charge on any atom is -0.355 e. The summed E-state index contributed by atoms with van der Waals surface area (Å²) in [7, 11) is 0. The van der Waals surface area contributed by atoms with E-state index < -0.39 is 0 Å². The minimum atomic E-state index is -0.0249. The summed E-state index contributed by atoms with van der Waals surface area (Å²) < 4.78 is 0. The molecule has 1 unspecified atom stereocenters. The molecule has 4 saturated carbocycles. The van der Waals surface area contributed by atoms with E-state index in [1.54, 1.807) is 0 Å². The lowest BCUT2D eigenvalue weighted by atomic mass is 9.48. The van der Waals surface area contributed by atoms with E-state index in [0.717, 1.165) is 23.3 Å². The molecule has 0 aliphatic heterocycles. The van der Waals surface area contributed by atoms with E-state index in [2.05, 4.69) is 17.6 Å². The van der Waals surface area contributed by atoms with Crippen LogP contribution in [-0.4, -0.2) is 24.4 Å². The molecule has 1 atom stereocenters. The zero-order valence-electron chi connectivity index (χ0n) is 16.4. The van der Waals surface area contributed by atoms with Crippen LogP contribution in [0, 0.1) is 23.2 Å². The van der Waals surface area contributed by atoms with Crippen molar-refractivity contribution >= 4 is 11.8 Å². The second-order valence-corrected chi connectivity index (χ2v) is 9.33. The molecule has 1 aromatic rings. The number of amides is 2. The van der Waals surface area contributed by atoms with Crippen LogP contribution in [0.1, 0.15) is 57.4 Å². The number of nitrogens with one attached hydrogen (secondary N) is 2. The van der Waals surface area contributed by atoms with Crippen LogP contribution in [0.25, 0.3) is 0 Å². The van der Waals surface area contributed by atoms with Crippen LogP contribution in [0.3, 0.4) is 0 Å². The van der Waals surface area contributed by atoms with E-state index in [1.165, 1.54) is 38.5 Å². The Bertz CT molecular complexity index is 650. The van der Waals surface area contributed by atoms with Gasteiger partial charge in [-0.15, -0.1) is 0 Å². The lowest BCUT2D eigenvalue weighted by molar-refractivity contribution is -0.126. The molecule has 4 aliphatic carbocycles. The number of carbonyl (C=O) groups is 2. The van der Waals surface area contributed by atoms with Gasteiger partial charge in [0.1, 0.15) is 0 Å². The zero-order valence-corrected chi connectivity index (χ0v) is 16.4. The van der Waals surface area contributed by atoms with Gasteiger partial charge in [0.05, 0.1) is 6.42 Å². The molecule has 4 bridgehead atoms. The minimum absolute atomic E-state index is 0.0249. The molecular formula is C23H32N2O2. The molecule has 4 fully saturated rings. The summed E-state index contributed by atoms with van der Waals surface area (Å²) in [6, 6.07) is 9.94. The maximum atomic E-state index is 12.4. The van der Waals surface area contributed by atoms with Gasteiger partial charge in [-0.2, -0.15) is 0 Å². The van der Waals surface area contributed by atoms with Crippen LogP contribution < -0.4 is 10.6 Å². The molecule has 0 aromatic heterocycles. The summed E-state index contributed by atoms with van der Waals surface area (Å²) in [6.45, 7) is 2.62. The Labute approximate surface area is 162 Å². The van der Waals surface area contributed by atoms with Gasteiger partial charge in [0, 0.05) is 19.0 Å². The highest BCUT2D eigenvalue weighted by atomic mass is 16.2. The fourth-order valence-electron chi connectivity index (χ4n) is 6.33. The van der Waals surface area contributed by atoms with Crippen LogP contribution in [0.2, 0.25) is 0 Å². The highest BCUT2D eigenvalue weighted by Crippen LogP contribution is 2.61. The van der Waals surface area contributed by atoms with Crippen LogP contribution in [0.5, 0.6) is 0 Å². The summed E-state index contributed by atoms with van der Waals surface area (Å²) in [5.41, 5.74) is 1.33. The van der Waals surface area contributed by atoms with Crippen LogP contribution in [-0.2, 0) is 16.0 Å². The van der Waals surface area contributed by atoms with Crippen molar-refractivity contribution in [2.75, 3.05) is 6.54 Å². The van der Waals surface area contributed by atoms with Gasteiger partial charge < -0.3 is 10.6 Å². The summed E-state index contributed by atoms with van der Waals surface area (Å²) in [6.07, 6.45) is 8.90. The third-order valence-electron chi connectivity index (χ3n) is 7.26. The highest BCUT2D eigenvalue weighted by molar-refractivity contribution is 5.80. The first-order valence-electron chi connectivity index (χ1n) is 10.6. The summed E-state index contributed by atoms with van der Waals surface area (Å²) in [5.74, 6) is 2.73. The summed E-state index contributed by atoms with van der Waals surface area (Å²) in [4.78, 5) is 24.4. The third-order valence-corrected chi connectivity index (χ3v) is 7.26. The van der Waals surface area contributed by atoms with Crippen molar-refractivity contribution in [1.82, 2.24) is 10.6 Å². The van der Waals surface area contributed by atoms with Crippen LogP contribution in [0.15, 0.2) is 30.3 Å². The topological polar surface area (TPSA) is 58.2 Å². The fourth-order valence-corrected chi connectivity index (χ4v) is 6.33. The van der Waals surface area contributed by atoms with Gasteiger partial charge in [0.2, 0.25) is 11.8 Å². The lowest BCUT2D eigenvalue weighted by Gasteiger charge is -2.59. The number of hydrogen-bond acceptors (Lipinski definition) is 2. The van der Waals surface area contributed by atoms with Crippen molar-refractivity contribution in [3.63, 3.8) is 0 Å². The van der Waals surface area contributed by atoms with Crippen LogP contribution >= 0.6 is 0 Å². The molecule has 4 aliphatic rings. The smallest absolute Gasteiger partial charge is 0.224 e. The Morgan fingerprint density at radius 3 is 2.19 bits per heavy atom. The van der Waals surface area contributed by atoms with Crippen molar-refractivity contribution in [2.45, 2.75) is 64.3 Å². The first-order valence-corrected chi connectivity index (χ1v) is 10.6. The molecule has 4 heteroatoms. The average Bonchev–Trinajstić information content (AvgIpc) is 2.61. The Morgan fingerprint density at radius 2 is 1.59 bits per heavy atom. The number of hydrogen-bond donors (Lipinski definition) is 2.